The standard InChI is InChI=1S/C14H13ClFNO2/c1-9-2-5-14(13(7-18)17-9)19-8-10-3-4-11(16)6-12(10)15/h2-6,18H,7-8H2,1H3. The molecule has 2 aromatic rings. The average molecular weight is 282 g/mol. The Kier molecular flexibility index (Phi) is 4.35. The van der Waals surface area contributed by atoms with Crippen LogP contribution in [0.3, 0.4) is 0 Å². The summed E-state index contributed by atoms with van der Waals surface area (Å²) in [6.07, 6.45) is 0. The Hall–Kier alpha value is -1.65. The number of pyridine rings is 1. The zero-order valence-corrected chi connectivity index (χ0v) is 11.1. The van der Waals surface area contributed by atoms with E-state index >= 15 is 0 Å². The normalized spacial score (nSPS) is 10.5. The minimum absolute atomic E-state index is 0.191. The molecular formula is C14H13ClFNO2. The predicted molar refractivity (Wildman–Crippen MR) is 70.6 cm³/mol. The van der Waals surface area contributed by atoms with Crippen molar-refractivity contribution in [3.8, 4) is 5.75 Å². The number of benzene rings is 1. The third-order valence-electron chi connectivity index (χ3n) is 2.62. The van der Waals surface area contributed by atoms with Gasteiger partial charge in [0.2, 0.25) is 0 Å². The summed E-state index contributed by atoms with van der Waals surface area (Å²) >= 11 is 5.91. The molecule has 0 saturated carbocycles. The molecule has 0 aliphatic rings. The van der Waals surface area contributed by atoms with Gasteiger partial charge in [-0.3, -0.25) is 4.98 Å². The van der Waals surface area contributed by atoms with Gasteiger partial charge in [-0.1, -0.05) is 17.7 Å². The molecule has 0 fully saturated rings. The van der Waals surface area contributed by atoms with E-state index in [1.54, 1.807) is 18.2 Å². The van der Waals surface area contributed by atoms with Crippen LogP contribution >= 0.6 is 11.6 Å². The Labute approximate surface area is 115 Å². The van der Waals surface area contributed by atoms with E-state index in [4.69, 9.17) is 16.3 Å². The molecule has 19 heavy (non-hydrogen) atoms. The van der Waals surface area contributed by atoms with E-state index in [1.807, 2.05) is 6.92 Å². The zero-order valence-electron chi connectivity index (χ0n) is 10.4. The summed E-state index contributed by atoms with van der Waals surface area (Å²) in [7, 11) is 0. The van der Waals surface area contributed by atoms with Gasteiger partial charge in [0.05, 0.1) is 11.6 Å². The van der Waals surface area contributed by atoms with Crippen LogP contribution < -0.4 is 4.74 Å². The van der Waals surface area contributed by atoms with Crippen LogP contribution in [0, 0.1) is 12.7 Å². The van der Waals surface area contributed by atoms with Gasteiger partial charge in [-0.2, -0.15) is 0 Å². The van der Waals surface area contributed by atoms with Crippen LogP contribution in [0.25, 0.3) is 0 Å². The van der Waals surface area contributed by atoms with Gasteiger partial charge in [-0.25, -0.2) is 4.39 Å². The van der Waals surface area contributed by atoms with Crippen molar-refractivity contribution in [1.82, 2.24) is 4.98 Å². The summed E-state index contributed by atoms with van der Waals surface area (Å²) in [5.74, 6) is 0.107. The Bertz CT molecular complexity index is 590. The van der Waals surface area contributed by atoms with Gasteiger partial charge < -0.3 is 9.84 Å². The third kappa shape index (κ3) is 3.43. The predicted octanol–water partition coefficient (Wildman–Crippen LogP) is 3.25. The van der Waals surface area contributed by atoms with Gasteiger partial charge in [-0.15, -0.1) is 0 Å². The minimum atomic E-state index is -0.387. The first kappa shape index (κ1) is 13.8. The van der Waals surface area contributed by atoms with E-state index < -0.39 is 0 Å². The second-order valence-corrected chi connectivity index (χ2v) is 4.49. The molecule has 1 N–H and O–H groups in total. The average Bonchev–Trinajstić information content (AvgIpc) is 2.39. The summed E-state index contributed by atoms with van der Waals surface area (Å²) in [5.41, 5.74) is 1.95. The van der Waals surface area contributed by atoms with E-state index in [9.17, 15) is 9.50 Å². The maximum atomic E-state index is 12.9. The highest BCUT2D eigenvalue weighted by molar-refractivity contribution is 6.31. The number of ether oxygens (including phenoxy) is 1. The number of aliphatic hydroxyl groups is 1. The fourth-order valence-corrected chi connectivity index (χ4v) is 1.86. The molecule has 0 bridgehead atoms. The smallest absolute Gasteiger partial charge is 0.143 e. The quantitative estimate of drug-likeness (QED) is 0.935. The molecule has 0 radical (unpaired) electrons. The topological polar surface area (TPSA) is 42.4 Å². The van der Waals surface area contributed by atoms with Crippen LogP contribution in [-0.2, 0) is 13.2 Å². The largest absolute Gasteiger partial charge is 0.487 e. The van der Waals surface area contributed by atoms with Gasteiger partial charge in [0.15, 0.2) is 0 Å². The molecule has 0 aliphatic carbocycles. The van der Waals surface area contributed by atoms with E-state index in [0.29, 0.717) is 22.0 Å². The molecule has 0 unspecified atom stereocenters. The molecule has 2 rings (SSSR count). The van der Waals surface area contributed by atoms with Crippen molar-refractivity contribution in [2.75, 3.05) is 0 Å². The number of aliphatic hydroxyl groups excluding tert-OH is 1. The molecule has 100 valence electrons. The highest BCUT2D eigenvalue weighted by atomic mass is 35.5. The fraction of sp³-hybridized carbons (Fsp3) is 0.214. The molecule has 0 spiro atoms. The Morgan fingerprint density at radius 1 is 1.32 bits per heavy atom. The number of rotatable bonds is 4. The van der Waals surface area contributed by atoms with Crippen molar-refractivity contribution in [3.63, 3.8) is 0 Å². The molecule has 0 saturated heterocycles. The van der Waals surface area contributed by atoms with Gasteiger partial charge in [0, 0.05) is 11.3 Å². The second-order valence-electron chi connectivity index (χ2n) is 4.08. The number of aryl methyl sites for hydroxylation is 1. The lowest BCUT2D eigenvalue weighted by atomic mass is 10.2. The van der Waals surface area contributed by atoms with Crippen molar-refractivity contribution in [3.05, 3.63) is 58.1 Å². The monoisotopic (exact) mass is 281 g/mol. The van der Waals surface area contributed by atoms with Crippen LogP contribution in [0.15, 0.2) is 30.3 Å². The maximum absolute atomic E-state index is 12.9. The SMILES string of the molecule is Cc1ccc(OCc2ccc(F)cc2Cl)c(CO)n1. The van der Waals surface area contributed by atoms with Crippen LogP contribution in [-0.4, -0.2) is 10.1 Å². The first-order chi connectivity index (χ1) is 9.10. The van der Waals surface area contributed by atoms with Crippen molar-refractivity contribution >= 4 is 11.6 Å². The lowest BCUT2D eigenvalue weighted by Gasteiger charge is -2.11. The summed E-state index contributed by atoms with van der Waals surface area (Å²) < 4.78 is 18.5. The zero-order chi connectivity index (χ0) is 13.8. The number of halogens is 2. The lowest BCUT2D eigenvalue weighted by Crippen LogP contribution is -2.02. The molecule has 1 heterocycles. The second kappa shape index (κ2) is 5.99. The van der Waals surface area contributed by atoms with Gasteiger partial charge >= 0.3 is 0 Å². The van der Waals surface area contributed by atoms with Crippen LogP contribution in [0.4, 0.5) is 4.39 Å². The number of aromatic nitrogens is 1. The van der Waals surface area contributed by atoms with E-state index in [1.165, 1.54) is 12.1 Å². The lowest BCUT2D eigenvalue weighted by molar-refractivity contribution is 0.253. The van der Waals surface area contributed by atoms with Crippen LogP contribution in [0.2, 0.25) is 5.02 Å². The van der Waals surface area contributed by atoms with Gasteiger partial charge in [0.25, 0.3) is 0 Å². The highest BCUT2D eigenvalue weighted by Crippen LogP contribution is 2.22. The van der Waals surface area contributed by atoms with Crippen molar-refractivity contribution in [1.29, 1.82) is 0 Å². The highest BCUT2D eigenvalue weighted by Gasteiger charge is 2.07. The van der Waals surface area contributed by atoms with Gasteiger partial charge in [-0.05, 0) is 31.2 Å². The van der Waals surface area contributed by atoms with Crippen molar-refractivity contribution in [2.45, 2.75) is 20.1 Å². The first-order valence-electron chi connectivity index (χ1n) is 5.74. The molecule has 0 aliphatic heterocycles. The molecule has 1 aromatic heterocycles. The minimum Gasteiger partial charge on any atom is -0.487 e. The molecule has 3 nitrogen and oxygen atoms in total. The number of hydrogen-bond acceptors (Lipinski definition) is 3. The van der Waals surface area contributed by atoms with Crippen molar-refractivity contribution < 1.29 is 14.2 Å². The maximum Gasteiger partial charge on any atom is 0.143 e. The Balaban J connectivity index is 2.14. The van der Waals surface area contributed by atoms with Crippen LogP contribution in [0.1, 0.15) is 17.0 Å². The summed E-state index contributed by atoms with van der Waals surface area (Å²) in [6.45, 7) is 1.82. The molecule has 0 atom stereocenters. The fourth-order valence-electron chi connectivity index (χ4n) is 1.64. The van der Waals surface area contributed by atoms with E-state index in [0.717, 1.165) is 5.69 Å². The van der Waals surface area contributed by atoms with Gasteiger partial charge in [0.1, 0.15) is 23.9 Å². The summed E-state index contributed by atoms with van der Waals surface area (Å²) in [6, 6.07) is 7.66. The van der Waals surface area contributed by atoms with Crippen LogP contribution in [0.5, 0.6) is 5.75 Å². The van der Waals surface area contributed by atoms with E-state index in [-0.39, 0.29) is 19.0 Å². The van der Waals surface area contributed by atoms with Crippen molar-refractivity contribution in [2.24, 2.45) is 0 Å². The first-order valence-corrected chi connectivity index (χ1v) is 6.12. The number of hydrogen-bond donors (Lipinski definition) is 1. The summed E-state index contributed by atoms with van der Waals surface area (Å²) in [5, 5.41) is 9.52. The molecule has 1 aromatic carbocycles. The molecule has 5 heteroatoms. The molecule has 0 amide bonds. The summed E-state index contributed by atoms with van der Waals surface area (Å²) in [4.78, 5) is 4.17. The third-order valence-corrected chi connectivity index (χ3v) is 2.97. The number of nitrogens with zero attached hydrogens (tertiary/aromatic N) is 1. The van der Waals surface area contributed by atoms with E-state index in [2.05, 4.69) is 4.98 Å². The Morgan fingerprint density at radius 3 is 2.79 bits per heavy atom. The Morgan fingerprint density at radius 2 is 2.11 bits per heavy atom. The molecular weight excluding hydrogens is 269 g/mol.